The van der Waals surface area contributed by atoms with Crippen LogP contribution < -0.4 is 5.32 Å². The highest BCUT2D eigenvalue weighted by Gasteiger charge is 2.62. The Balaban J connectivity index is 1.33. The Labute approximate surface area is 242 Å². The van der Waals surface area contributed by atoms with Gasteiger partial charge >= 0.3 is 5.97 Å². The molecule has 0 aliphatic heterocycles. The molecule has 0 aromatic carbocycles. The topological polar surface area (TPSA) is 72.5 Å². The van der Waals surface area contributed by atoms with Gasteiger partial charge in [0, 0.05) is 37.0 Å². The zero-order valence-electron chi connectivity index (χ0n) is 24.1. The fourth-order valence-electron chi connectivity index (χ4n) is 9.39. The molecular formula is C32H44ClNO4S. The van der Waals surface area contributed by atoms with Gasteiger partial charge in [-0.1, -0.05) is 44.9 Å². The van der Waals surface area contributed by atoms with Crippen molar-refractivity contribution in [3.05, 3.63) is 33.0 Å². The molecule has 0 unspecified atom stereocenters. The second kappa shape index (κ2) is 11.0. The second-order valence-electron chi connectivity index (χ2n) is 13.3. The van der Waals surface area contributed by atoms with Crippen LogP contribution >= 0.6 is 22.9 Å². The van der Waals surface area contributed by atoms with Crippen molar-refractivity contribution in [3.63, 3.8) is 0 Å². The first-order valence-electron chi connectivity index (χ1n) is 14.9. The highest BCUT2D eigenvalue weighted by atomic mass is 35.5. The van der Waals surface area contributed by atoms with Gasteiger partial charge in [0.05, 0.1) is 10.4 Å². The number of hydrogen-bond donors (Lipinski definition) is 1. The van der Waals surface area contributed by atoms with Gasteiger partial charge in [-0.2, -0.15) is 0 Å². The van der Waals surface area contributed by atoms with Crippen molar-refractivity contribution in [3.8, 4) is 0 Å². The van der Waals surface area contributed by atoms with Crippen LogP contribution in [-0.4, -0.2) is 23.8 Å². The number of carbonyl (C=O) groups is 3. The molecule has 4 aliphatic rings. The van der Waals surface area contributed by atoms with E-state index in [0.717, 1.165) is 47.7 Å². The second-order valence-corrected chi connectivity index (χ2v) is 15.0. The van der Waals surface area contributed by atoms with Crippen molar-refractivity contribution < 1.29 is 19.1 Å². The lowest BCUT2D eigenvalue weighted by molar-refractivity contribution is -0.166. The van der Waals surface area contributed by atoms with E-state index in [-0.39, 0.29) is 46.6 Å². The highest BCUT2D eigenvalue weighted by molar-refractivity contribution is 7.16. The molecular weight excluding hydrogens is 530 g/mol. The van der Waals surface area contributed by atoms with Crippen LogP contribution in [0, 0.1) is 40.4 Å². The molecule has 39 heavy (non-hydrogen) atoms. The number of halogens is 1. The van der Waals surface area contributed by atoms with Crippen LogP contribution in [0.25, 0.3) is 0 Å². The Morgan fingerprint density at radius 1 is 1.18 bits per heavy atom. The smallest absolute Gasteiger partial charge is 0.302 e. The summed E-state index contributed by atoms with van der Waals surface area (Å²) in [4.78, 5) is 38.9. The molecule has 5 rings (SSSR count). The van der Waals surface area contributed by atoms with Gasteiger partial charge in [0.2, 0.25) is 5.91 Å². The zero-order chi connectivity index (χ0) is 28.1. The maximum atomic E-state index is 13.2. The maximum Gasteiger partial charge on any atom is 0.302 e. The number of ether oxygens (including phenoxy) is 1. The van der Waals surface area contributed by atoms with E-state index in [4.69, 9.17) is 16.3 Å². The van der Waals surface area contributed by atoms with Gasteiger partial charge in [0.15, 0.2) is 5.78 Å². The Kier molecular flexibility index (Phi) is 8.11. The number of hydrogen-bond acceptors (Lipinski definition) is 5. The van der Waals surface area contributed by atoms with Crippen LogP contribution in [0.3, 0.4) is 0 Å². The summed E-state index contributed by atoms with van der Waals surface area (Å²) in [6.07, 6.45) is 9.72. The lowest BCUT2D eigenvalue weighted by Crippen LogP contribution is -2.56. The predicted molar refractivity (Wildman–Crippen MR) is 155 cm³/mol. The number of nitrogens with one attached hydrogen (secondary N) is 1. The van der Waals surface area contributed by atoms with Gasteiger partial charge in [-0.25, -0.2) is 0 Å². The molecule has 0 radical (unpaired) electrons. The molecule has 0 spiro atoms. The third kappa shape index (κ3) is 5.25. The zero-order valence-corrected chi connectivity index (χ0v) is 25.6. The Hall–Kier alpha value is -1.66. The van der Waals surface area contributed by atoms with Crippen molar-refractivity contribution in [2.45, 2.75) is 105 Å². The third-order valence-corrected chi connectivity index (χ3v) is 12.6. The van der Waals surface area contributed by atoms with Crippen molar-refractivity contribution >= 4 is 40.6 Å². The predicted octanol–water partition coefficient (Wildman–Crippen LogP) is 7.68. The summed E-state index contributed by atoms with van der Waals surface area (Å²) in [5, 5.41) is 3.27. The number of amides is 1. The first-order valence-corrected chi connectivity index (χ1v) is 16.1. The van der Waals surface area contributed by atoms with E-state index in [9.17, 15) is 14.4 Å². The molecule has 214 valence electrons. The maximum absolute atomic E-state index is 13.2. The summed E-state index contributed by atoms with van der Waals surface area (Å²) in [6, 6.07) is 3.91. The molecule has 1 amide bonds. The summed E-state index contributed by atoms with van der Waals surface area (Å²) in [6.45, 7) is 10.7. The Morgan fingerprint density at radius 2 is 1.95 bits per heavy atom. The highest BCUT2D eigenvalue weighted by Crippen LogP contribution is 2.68. The number of fused-ring (bicyclic) bond motifs is 5. The monoisotopic (exact) mass is 573 g/mol. The number of carbonyl (C=O) groups excluding carboxylic acids is 3. The minimum Gasteiger partial charge on any atom is -0.462 e. The molecule has 1 aromatic rings. The van der Waals surface area contributed by atoms with Crippen LogP contribution in [-0.2, 0) is 19.1 Å². The summed E-state index contributed by atoms with van der Waals surface area (Å²) in [5.74, 6) is 2.03. The molecule has 3 saturated carbocycles. The average molecular weight is 574 g/mol. The van der Waals surface area contributed by atoms with Gasteiger partial charge < -0.3 is 10.1 Å². The molecule has 7 heteroatoms. The van der Waals surface area contributed by atoms with Crippen LogP contribution in [0.15, 0.2) is 23.8 Å². The standard InChI is InChI=1S/C32H44ClNO4S/c1-6-25(27-9-10-28(33)39-27)34-29(37)15-18(2)22-7-8-23-30-24(12-14-32(22,23)5)31(4)13-11-21(36)16-20(31)17-26(30)38-19(3)35/h9-10,16,18,22-26,30H,6-8,11-15,17H2,1-5H3,(H,34,37)/t18-,22-,23+,24+,25-,26-,30+,31+,32-/m1/s1. The minimum atomic E-state index is -0.227. The Bertz CT molecular complexity index is 1160. The minimum absolute atomic E-state index is 0.00153. The van der Waals surface area contributed by atoms with Crippen molar-refractivity contribution in [2.75, 3.05) is 0 Å². The number of ketones is 1. The fraction of sp³-hybridized carbons (Fsp3) is 0.719. The molecule has 1 N–H and O–H groups in total. The van der Waals surface area contributed by atoms with Gasteiger partial charge in [0.25, 0.3) is 0 Å². The fourth-order valence-corrected chi connectivity index (χ4v) is 10.6. The van der Waals surface area contributed by atoms with E-state index in [1.807, 2.05) is 18.2 Å². The molecule has 1 aromatic heterocycles. The van der Waals surface area contributed by atoms with E-state index in [2.05, 4.69) is 33.0 Å². The van der Waals surface area contributed by atoms with Gasteiger partial charge in [-0.15, -0.1) is 11.3 Å². The van der Waals surface area contributed by atoms with E-state index in [1.165, 1.54) is 23.8 Å². The average Bonchev–Trinajstić information content (AvgIpc) is 3.46. The van der Waals surface area contributed by atoms with Crippen LogP contribution in [0.5, 0.6) is 0 Å². The van der Waals surface area contributed by atoms with Gasteiger partial charge in [-0.3, -0.25) is 14.4 Å². The first-order chi connectivity index (χ1) is 18.5. The van der Waals surface area contributed by atoms with Crippen LogP contribution in [0.2, 0.25) is 4.34 Å². The van der Waals surface area contributed by atoms with E-state index in [1.54, 1.807) is 0 Å². The number of rotatable bonds is 7. The van der Waals surface area contributed by atoms with Crippen LogP contribution in [0.1, 0.15) is 103 Å². The Morgan fingerprint density at radius 3 is 2.62 bits per heavy atom. The van der Waals surface area contributed by atoms with Crippen molar-refractivity contribution in [1.29, 1.82) is 0 Å². The van der Waals surface area contributed by atoms with E-state index >= 15 is 0 Å². The lowest BCUT2D eigenvalue weighted by atomic mass is 9.45. The van der Waals surface area contributed by atoms with Gasteiger partial charge in [-0.05, 0) is 91.2 Å². The van der Waals surface area contributed by atoms with Crippen molar-refractivity contribution in [1.82, 2.24) is 5.32 Å². The SMILES string of the molecule is CC[C@@H](NC(=O)C[C@@H](C)[C@H]1CC[C@H]2[C@@H]3[C@H](OC(C)=O)CC4=CC(=O)CC[C@]4(C)[C@H]3CC[C@]12C)c1ccc(Cl)s1. The van der Waals surface area contributed by atoms with Crippen LogP contribution in [0.4, 0.5) is 0 Å². The molecule has 1 heterocycles. The summed E-state index contributed by atoms with van der Waals surface area (Å²) >= 11 is 7.68. The molecule has 0 saturated heterocycles. The first kappa shape index (κ1) is 28.9. The molecule has 3 fully saturated rings. The number of esters is 1. The molecule has 5 nitrogen and oxygen atoms in total. The van der Waals surface area contributed by atoms with E-state index < -0.39 is 0 Å². The molecule has 0 bridgehead atoms. The molecule has 4 aliphatic carbocycles. The summed E-state index contributed by atoms with van der Waals surface area (Å²) in [5.41, 5.74) is 1.33. The largest absolute Gasteiger partial charge is 0.462 e. The number of thiophene rings is 1. The molecule has 9 atom stereocenters. The lowest BCUT2D eigenvalue weighted by Gasteiger charge is -2.60. The normalized spacial score (nSPS) is 37.1. The summed E-state index contributed by atoms with van der Waals surface area (Å²) in [7, 11) is 0. The van der Waals surface area contributed by atoms with E-state index in [0.29, 0.717) is 42.9 Å². The quantitative estimate of drug-likeness (QED) is 0.339. The van der Waals surface area contributed by atoms with Crippen molar-refractivity contribution in [2.24, 2.45) is 40.4 Å². The third-order valence-electron chi connectivity index (χ3n) is 11.2. The summed E-state index contributed by atoms with van der Waals surface area (Å²) < 4.78 is 6.79. The van der Waals surface area contributed by atoms with Gasteiger partial charge in [0.1, 0.15) is 6.10 Å².